The summed E-state index contributed by atoms with van der Waals surface area (Å²) in [6, 6.07) is 16.4. The SMILES string of the molecule is O=C(Cn1c(-c2cccs2)cc2cc(F)ccc21)NCc1ccc(F)cc1. The normalized spacial score (nSPS) is 11.0. The van der Waals surface area contributed by atoms with Gasteiger partial charge in [0.15, 0.2) is 0 Å². The predicted molar refractivity (Wildman–Crippen MR) is 103 cm³/mol. The lowest BCUT2D eigenvalue weighted by molar-refractivity contribution is -0.121. The van der Waals surface area contributed by atoms with Gasteiger partial charge in [-0.25, -0.2) is 8.78 Å². The third kappa shape index (κ3) is 3.75. The van der Waals surface area contributed by atoms with E-state index >= 15 is 0 Å². The molecule has 0 atom stereocenters. The van der Waals surface area contributed by atoms with Crippen LogP contribution in [0.4, 0.5) is 8.78 Å². The van der Waals surface area contributed by atoms with E-state index in [0.29, 0.717) is 6.54 Å². The Hall–Kier alpha value is -2.99. The van der Waals surface area contributed by atoms with Gasteiger partial charge in [-0.2, -0.15) is 0 Å². The predicted octanol–water partition coefficient (Wildman–Crippen LogP) is 4.96. The van der Waals surface area contributed by atoms with E-state index in [9.17, 15) is 13.6 Å². The van der Waals surface area contributed by atoms with Crippen molar-refractivity contribution in [2.45, 2.75) is 13.1 Å². The van der Waals surface area contributed by atoms with E-state index in [-0.39, 0.29) is 24.1 Å². The van der Waals surface area contributed by atoms with Crippen LogP contribution in [0.5, 0.6) is 0 Å². The summed E-state index contributed by atoms with van der Waals surface area (Å²) in [5.41, 5.74) is 2.50. The Morgan fingerprint density at radius 3 is 2.52 bits per heavy atom. The third-order valence-electron chi connectivity index (χ3n) is 4.34. The standard InChI is InChI=1S/C21H16F2N2OS/c22-16-5-3-14(4-6-16)12-24-21(26)13-25-18-8-7-17(23)10-15(18)11-19(25)20-2-1-9-27-20/h1-11H,12-13H2,(H,24,26). The average Bonchev–Trinajstić information content (AvgIpc) is 3.29. The summed E-state index contributed by atoms with van der Waals surface area (Å²) in [7, 11) is 0. The fraction of sp³-hybridized carbons (Fsp3) is 0.0952. The molecule has 0 bridgehead atoms. The maximum absolute atomic E-state index is 13.6. The second-order valence-electron chi connectivity index (χ2n) is 6.20. The van der Waals surface area contributed by atoms with Crippen LogP contribution in [0.25, 0.3) is 21.5 Å². The molecule has 1 N–H and O–H groups in total. The first-order valence-electron chi connectivity index (χ1n) is 8.44. The highest BCUT2D eigenvalue weighted by Gasteiger charge is 2.15. The lowest BCUT2D eigenvalue weighted by Crippen LogP contribution is -2.27. The highest BCUT2D eigenvalue weighted by molar-refractivity contribution is 7.13. The fourth-order valence-corrected chi connectivity index (χ4v) is 3.79. The number of hydrogen-bond acceptors (Lipinski definition) is 2. The van der Waals surface area contributed by atoms with E-state index in [1.165, 1.54) is 24.3 Å². The molecule has 0 aliphatic heterocycles. The number of benzene rings is 2. The van der Waals surface area contributed by atoms with Crippen LogP contribution in [0.3, 0.4) is 0 Å². The number of carbonyl (C=O) groups is 1. The Labute approximate surface area is 158 Å². The Morgan fingerprint density at radius 1 is 1.00 bits per heavy atom. The summed E-state index contributed by atoms with van der Waals surface area (Å²) < 4.78 is 28.5. The number of nitrogens with zero attached hydrogens (tertiary/aromatic N) is 1. The summed E-state index contributed by atoms with van der Waals surface area (Å²) in [6.45, 7) is 0.435. The summed E-state index contributed by atoms with van der Waals surface area (Å²) in [6.07, 6.45) is 0. The molecule has 2 aromatic heterocycles. The Kier molecular flexibility index (Phi) is 4.73. The lowest BCUT2D eigenvalue weighted by atomic mass is 10.2. The van der Waals surface area contributed by atoms with Gasteiger partial charge < -0.3 is 9.88 Å². The maximum Gasteiger partial charge on any atom is 0.240 e. The first kappa shape index (κ1) is 17.4. The lowest BCUT2D eigenvalue weighted by Gasteiger charge is -2.11. The van der Waals surface area contributed by atoms with E-state index in [2.05, 4.69) is 5.32 Å². The molecular weight excluding hydrogens is 366 g/mol. The molecule has 2 aromatic carbocycles. The molecule has 6 heteroatoms. The van der Waals surface area contributed by atoms with Crippen molar-refractivity contribution in [1.29, 1.82) is 0 Å². The quantitative estimate of drug-likeness (QED) is 0.520. The molecule has 0 fully saturated rings. The van der Waals surface area contributed by atoms with Crippen LogP contribution < -0.4 is 5.32 Å². The van der Waals surface area contributed by atoms with Crippen molar-refractivity contribution in [2.24, 2.45) is 0 Å². The summed E-state index contributed by atoms with van der Waals surface area (Å²) in [4.78, 5) is 13.5. The van der Waals surface area contributed by atoms with Gasteiger partial charge in [0.25, 0.3) is 0 Å². The molecule has 0 saturated heterocycles. The molecular formula is C21H16F2N2OS. The van der Waals surface area contributed by atoms with Crippen LogP contribution in [0.2, 0.25) is 0 Å². The number of rotatable bonds is 5. The molecule has 136 valence electrons. The number of amides is 1. The van der Waals surface area contributed by atoms with Gasteiger partial charge in [-0.3, -0.25) is 4.79 Å². The highest BCUT2D eigenvalue weighted by atomic mass is 32.1. The number of thiophene rings is 1. The van der Waals surface area contributed by atoms with Gasteiger partial charge in [0.05, 0.1) is 10.6 Å². The number of aromatic nitrogens is 1. The molecule has 3 nitrogen and oxygen atoms in total. The van der Waals surface area contributed by atoms with Gasteiger partial charge in [-0.1, -0.05) is 18.2 Å². The fourth-order valence-electron chi connectivity index (χ4n) is 3.04. The van der Waals surface area contributed by atoms with Gasteiger partial charge in [0.1, 0.15) is 18.2 Å². The van der Waals surface area contributed by atoms with Gasteiger partial charge >= 0.3 is 0 Å². The molecule has 0 saturated carbocycles. The van der Waals surface area contributed by atoms with Crippen molar-refractivity contribution in [3.63, 3.8) is 0 Å². The van der Waals surface area contributed by atoms with E-state index in [1.54, 1.807) is 29.5 Å². The highest BCUT2D eigenvalue weighted by Crippen LogP contribution is 2.31. The first-order chi connectivity index (χ1) is 13.1. The number of nitrogens with one attached hydrogen (secondary N) is 1. The van der Waals surface area contributed by atoms with Gasteiger partial charge in [0, 0.05) is 17.4 Å². The minimum atomic E-state index is -0.309. The van der Waals surface area contributed by atoms with Crippen LogP contribution in [-0.4, -0.2) is 10.5 Å². The zero-order valence-corrected chi connectivity index (χ0v) is 15.1. The minimum absolute atomic E-state index is 0.115. The van der Waals surface area contributed by atoms with Crippen molar-refractivity contribution in [3.8, 4) is 10.6 Å². The Balaban J connectivity index is 1.59. The van der Waals surface area contributed by atoms with Gasteiger partial charge in [-0.15, -0.1) is 11.3 Å². The van der Waals surface area contributed by atoms with Crippen LogP contribution in [0.15, 0.2) is 66.0 Å². The van der Waals surface area contributed by atoms with Crippen molar-refractivity contribution < 1.29 is 13.6 Å². The molecule has 4 rings (SSSR count). The van der Waals surface area contributed by atoms with E-state index in [1.807, 2.05) is 28.1 Å². The van der Waals surface area contributed by atoms with Crippen molar-refractivity contribution in [1.82, 2.24) is 9.88 Å². The topological polar surface area (TPSA) is 34.0 Å². The first-order valence-corrected chi connectivity index (χ1v) is 9.32. The van der Waals surface area contributed by atoms with E-state index in [4.69, 9.17) is 0 Å². The molecule has 0 spiro atoms. The molecule has 2 heterocycles. The maximum atomic E-state index is 13.6. The molecule has 1 amide bonds. The summed E-state index contributed by atoms with van der Waals surface area (Å²) >= 11 is 1.57. The number of carbonyl (C=O) groups excluding carboxylic acids is 1. The Morgan fingerprint density at radius 2 is 1.78 bits per heavy atom. The van der Waals surface area contributed by atoms with E-state index < -0.39 is 0 Å². The summed E-state index contributed by atoms with van der Waals surface area (Å²) in [5, 5.41) is 5.57. The zero-order valence-electron chi connectivity index (χ0n) is 14.3. The average molecular weight is 382 g/mol. The smallest absolute Gasteiger partial charge is 0.240 e. The van der Waals surface area contributed by atoms with Gasteiger partial charge in [0.2, 0.25) is 5.91 Å². The van der Waals surface area contributed by atoms with Gasteiger partial charge in [-0.05, 0) is 53.4 Å². The molecule has 0 unspecified atom stereocenters. The number of hydrogen-bond donors (Lipinski definition) is 1. The monoisotopic (exact) mass is 382 g/mol. The van der Waals surface area contributed by atoms with E-state index in [0.717, 1.165) is 27.0 Å². The summed E-state index contributed by atoms with van der Waals surface area (Å²) in [5.74, 6) is -0.784. The van der Waals surface area contributed by atoms with Crippen molar-refractivity contribution >= 4 is 28.1 Å². The number of fused-ring (bicyclic) bond motifs is 1. The number of halogens is 2. The zero-order chi connectivity index (χ0) is 18.8. The van der Waals surface area contributed by atoms with Crippen molar-refractivity contribution in [2.75, 3.05) is 0 Å². The minimum Gasteiger partial charge on any atom is -0.350 e. The van der Waals surface area contributed by atoms with Crippen LogP contribution in [0, 0.1) is 11.6 Å². The largest absolute Gasteiger partial charge is 0.350 e. The molecule has 4 aromatic rings. The van der Waals surface area contributed by atoms with Crippen LogP contribution >= 0.6 is 11.3 Å². The van der Waals surface area contributed by atoms with Crippen molar-refractivity contribution in [3.05, 3.63) is 83.2 Å². The Bertz CT molecular complexity index is 1090. The molecule has 0 aliphatic rings. The second kappa shape index (κ2) is 7.32. The molecule has 27 heavy (non-hydrogen) atoms. The molecule has 0 aliphatic carbocycles. The van der Waals surface area contributed by atoms with Crippen LogP contribution in [-0.2, 0) is 17.9 Å². The second-order valence-corrected chi connectivity index (χ2v) is 7.15. The third-order valence-corrected chi connectivity index (χ3v) is 5.23. The molecule has 0 radical (unpaired) electrons. The van der Waals surface area contributed by atoms with Crippen LogP contribution in [0.1, 0.15) is 5.56 Å².